The van der Waals surface area contributed by atoms with Gasteiger partial charge in [0.2, 0.25) is 5.91 Å². The molecule has 0 N–H and O–H groups in total. The molecule has 0 saturated heterocycles. The Hall–Kier alpha value is -2.46. The number of methoxy groups -OCH3 is 1. The first kappa shape index (κ1) is 19.9. The third-order valence-corrected chi connectivity index (χ3v) is 3.85. The van der Waals surface area contributed by atoms with Crippen LogP contribution in [0.5, 0.6) is 0 Å². The molecule has 0 fully saturated rings. The van der Waals surface area contributed by atoms with Gasteiger partial charge < -0.3 is 4.74 Å². The van der Waals surface area contributed by atoms with Gasteiger partial charge in [0.05, 0.1) is 17.7 Å². The van der Waals surface area contributed by atoms with E-state index in [-0.39, 0.29) is 17.8 Å². The molecule has 140 valence electrons. The molecule has 0 spiro atoms. The lowest BCUT2D eigenvalue weighted by atomic mass is 10.2. The van der Waals surface area contributed by atoms with Crippen molar-refractivity contribution in [3.05, 3.63) is 34.0 Å². The minimum absolute atomic E-state index is 0.0294. The normalized spacial score (nSPS) is 15.1. The van der Waals surface area contributed by atoms with Crippen LogP contribution in [0.2, 0.25) is 5.15 Å². The fourth-order valence-corrected chi connectivity index (χ4v) is 2.58. The van der Waals surface area contributed by atoms with Crippen molar-refractivity contribution in [2.75, 3.05) is 18.7 Å². The highest BCUT2D eigenvalue weighted by atomic mass is 35.5. The minimum atomic E-state index is -4.74. The van der Waals surface area contributed by atoms with Crippen LogP contribution in [0.15, 0.2) is 23.3 Å². The van der Waals surface area contributed by atoms with Crippen LogP contribution >= 0.6 is 11.6 Å². The van der Waals surface area contributed by atoms with Gasteiger partial charge in [0.15, 0.2) is 5.82 Å². The summed E-state index contributed by atoms with van der Waals surface area (Å²) in [6.45, 7) is 2.23. The first-order valence-corrected chi connectivity index (χ1v) is 7.50. The molecule has 0 saturated carbocycles. The van der Waals surface area contributed by atoms with Gasteiger partial charge in [-0.1, -0.05) is 11.6 Å². The highest BCUT2D eigenvalue weighted by Crippen LogP contribution is 2.35. The molecular formula is C15H13ClF3N3O4. The van der Waals surface area contributed by atoms with Crippen LogP contribution in [0, 0.1) is 0 Å². The summed E-state index contributed by atoms with van der Waals surface area (Å²) in [5.41, 5.74) is -1.12. The quantitative estimate of drug-likeness (QED) is 0.581. The van der Waals surface area contributed by atoms with Crippen molar-refractivity contribution in [1.29, 1.82) is 0 Å². The number of imide groups is 1. The number of rotatable bonds is 4. The second-order valence-electron chi connectivity index (χ2n) is 5.30. The Morgan fingerprint density at radius 2 is 1.92 bits per heavy atom. The van der Waals surface area contributed by atoms with Gasteiger partial charge in [-0.2, -0.15) is 23.2 Å². The lowest BCUT2D eigenvalue weighted by molar-refractivity contribution is -0.142. The zero-order valence-corrected chi connectivity index (χ0v) is 14.6. The second-order valence-corrected chi connectivity index (χ2v) is 5.65. The molecule has 2 rings (SSSR count). The molecule has 2 heterocycles. The zero-order valence-electron chi connectivity index (χ0n) is 13.8. The molecule has 0 radical (unpaired) electrons. The number of carbonyl (C=O) groups is 3. The van der Waals surface area contributed by atoms with Gasteiger partial charge in [-0.05, 0) is 19.1 Å². The molecule has 7 nitrogen and oxygen atoms in total. The molecule has 1 aliphatic heterocycles. The molecule has 26 heavy (non-hydrogen) atoms. The standard InChI is InChI=1S/C15H13ClF3N3O4/c1-7-9(6-26-3)14(25)22(13(7)24)21(8(2)23)11-5-4-10(12(16)20-11)15(17,18)19/h4-5H,6H2,1-3H3. The fraction of sp³-hybridized carbons (Fsp3) is 0.333. The third kappa shape index (κ3) is 3.42. The van der Waals surface area contributed by atoms with Crippen LogP contribution in [0.25, 0.3) is 0 Å². The molecule has 1 aromatic heterocycles. The number of aromatic nitrogens is 1. The van der Waals surface area contributed by atoms with E-state index >= 15 is 0 Å². The van der Waals surface area contributed by atoms with Crippen molar-refractivity contribution in [3.8, 4) is 0 Å². The van der Waals surface area contributed by atoms with Crippen LogP contribution in [0.1, 0.15) is 19.4 Å². The topological polar surface area (TPSA) is 79.8 Å². The Labute approximate surface area is 150 Å². The Kier molecular flexibility index (Phi) is 5.38. The highest BCUT2D eigenvalue weighted by Gasteiger charge is 2.42. The number of halogens is 4. The number of hydrogen-bond acceptors (Lipinski definition) is 5. The van der Waals surface area contributed by atoms with Gasteiger partial charge in [0, 0.05) is 19.6 Å². The largest absolute Gasteiger partial charge is 0.419 e. The number of amides is 3. The van der Waals surface area contributed by atoms with E-state index in [0.717, 1.165) is 13.0 Å². The first-order chi connectivity index (χ1) is 12.0. The SMILES string of the molecule is COCC1=C(C)C(=O)N(N(C(C)=O)c2ccc(C(F)(F)F)c(Cl)n2)C1=O. The third-order valence-electron chi connectivity index (χ3n) is 3.56. The predicted octanol–water partition coefficient (Wildman–Crippen LogP) is 2.35. The summed E-state index contributed by atoms with van der Waals surface area (Å²) in [7, 11) is 1.32. The van der Waals surface area contributed by atoms with Crippen molar-refractivity contribution in [3.63, 3.8) is 0 Å². The molecule has 1 aliphatic rings. The lowest BCUT2D eigenvalue weighted by Gasteiger charge is -2.28. The maximum Gasteiger partial charge on any atom is 0.419 e. The summed E-state index contributed by atoms with van der Waals surface area (Å²) < 4.78 is 43.3. The molecule has 1 aromatic rings. The number of hydrazine groups is 1. The highest BCUT2D eigenvalue weighted by molar-refractivity contribution is 6.30. The van der Waals surface area contributed by atoms with E-state index in [1.54, 1.807) is 0 Å². The van der Waals surface area contributed by atoms with Crippen molar-refractivity contribution < 1.29 is 32.3 Å². The van der Waals surface area contributed by atoms with Gasteiger partial charge in [-0.15, -0.1) is 0 Å². The van der Waals surface area contributed by atoms with E-state index in [2.05, 4.69) is 4.98 Å². The molecular weight excluding hydrogens is 379 g/mol. The average molecular weight is 392 g/mol. The Morgan fingerprint density at radius 1 is 1.31 bits per heavy atom. The summed E-state index contributed by atoms with van der Waals surface area (Å²) in [6.07, 6.45) is -4.74. The molecule has 0 bridgehead atoms. The number of anilines is 1. The fourth-order valence-electron chi connectivity index (χ4n) is 2.32. The number of hydrogen-bond donors (Lipinski definition) is 0. The monoisotopic (exact) mass is 391 g/mol. The molecule has 0 aromatic carbocycles. The number of pyridine rings is 1. The molecule has 0 aliphatic carbocycles. The second kappa shape index (κ2) is 7.04. The molecule has 3 amide bonds. The molecule has 0 unspecified atom stereocenters. The summed E-state index contributed by atoms with van der Waals surface area (Å²) in [5, 5.41) is 0.156. The van der Waals surface area contributed by atoms with Gasteiger partial charge in [-0.3, -0.25) is 14.4 Å². The first-order valence-electron chi connectivity index (χ1n) is 7.12. The maximum absolute atomic E-state index is 12.8. The summed E-state index contributed by atoms with van der Waals surface area (Å²) in [5.74, 6) is -2.86. The van der Waals surface area contributed by atoms with Crippen molar-refractivity contribution in [2.24, 2.45) is 0 Å². The van der Waals surface area contributed by atoms with Crippen LogP contribution in [0.3, 0.4) is 0 Å². The van der Waals surface area contributed by atoms with Crippen LogP contribution in [0.4, 0.5) is 19.0 Å². The summed E-state index contributed by atoms with van der Waals surface area (Å²) >= 11 is 5.56. The minimum Gasteiger partial charge on any atom is -0.380 e. The zero-order chi connectivity index (χ0) is 19.8. The van der Waals surface area contributed by atoms with E-state index in [9.17, 15) is 27.6 Å². The molecule has 0 atom stereocenters. The van der Waals surface area contributed by atoms with E-state index < -0.39 is 40.4 Å². The Bertz CT molecular complexity index is 823. The van der Waals surface area contributed by atoms with Gasteiger partial charge >= 0.3 is 6.18 Å². The number of alkyl halides is 3. The van der Waals surface area contributed by atoms with Crippen LogP contribution < -0.4 is 5.01 Å². The number of ether oxygens (including phenoxy) is 1. The van der Waals surface area contributed by atoms with E-state index in [1.807, 2.05) is 0 Å². The van der Waals surface area contributed by atoms with Gasteiger partial charge in [0.25, 0.3) is 11.8 Å². The van der Waals surface area contributed by atoms with E-state index in [0.29, 0.717) is 16.1 Å². The Balaban J connectivity index is 2.49. The van der Waals surface area contributed by atoms with Crippen molar-refractivity contribution >= 4 is 35.1 Å². The average Bonchev–Trinajstić information content (AvgIpc) is 2.72. The maximum atomic E-state index is 12.8. The van der Waals surface area contributed by atoms with Gasteiger partial charge in [0.1, 0.15) is 5.15 Å². The number of nitrogens with zero attached hydrogens (tertiary/aromatic N) is 3. The summed E-state index contributed by atoms with van der Waals surface area (Å²) in [4.78, 5) is 40.4. The lowest BCUT2D eigenvalue weighted by Crippen LogP contribution is -2.50. The predicted molar refractivity (Wildman–Crippen MR) is 83.8 cm³/mol. The van der Waals surface area contributed by atoms with Crippen LogP contribution in [-0.4, -0.2) is 41.4 Å². The van der Waals surface area contributed by atoms with E-state index in [4.69, 9.17) is 16.3 Å². The van der Waals surface area contributed by atoms with Crippen molar-refractivity contribution in [2.45, 2.75) is 20.0 Å². The summed E-state index contributed by atoms with van der Waals surface area (Å²) in [6, 6.07) is 1.46. The number of carbonyl (C=O) groups excluding carboxylic acids is 3. The smallest absolute Gasteiger partial charge is 0.380 e. The van der Waals surface area contributed by atoms with Gasteiger partial charge in [-0.25, -0.2) is 4.98 Å². The Morgan fingerprint density at radius 3 is 2.38 bits per heavy atom. The van der Waals surface area contributed by atoms with Crippen molar-refractivity contribution in [1.82, 2.24) is 9.99 Å². The van der Waals surface area contributed by atoms with Crippen LogP contribution in [-0.2, 0) is 25.3 Å². The molecule has 11 heteroatoms. The van der Waals surface area contributed by atoms with E-state index in [1.165, 1.54) is 14.0 Å².